The third kappa shape index (κ3) is 18.4. The minimum Gasteiger partial charge on any atom is -0.481 e. The van der Waals surface area contributed by atoms with Crippen molar-refractivity contribution >= 4 is 17.7 Å². The molecule has 0 radical (unpaired) electrons. The zero-order chi connectivity index (χ0) is 18.0. The van der Waals surface area contributed by atoms with Crippen LogP contribution in [0.2, 0.25) is 0 Å². The Morgan fingerprint density at radius 1 is 0.750 bits per heavy atom. The summed E-state index contributed by atoms with van der Waals surface area (Å²) in [6, 6.07) is 0. The Hall–Kier alpha value is -1.69. The monoisotopic (exact) mass is 341 g/mol. The van der Waals surface area contributed by atoms with Crippen LogP contribution in [0.4, 0.5) is 0 Å². The number of ketones is 1. The summed E-state index contributed by atoms with van der Waals surface area (Å²) >= 11 is 0. The average molecular weight is 341 g/mol. The van der Waals surface area contributed by atoms with E-state index in [1.54, 1.807) is 0 Å². The first-order valence-electron chi connectivity index (χ1n) is 8.86. The van der Waals surface area contributed by atoms with Crippen molar-refractivity contribution in [1.82, 2.24) is 5.32 Å². The Labute approximate surface area is 144 Å². The number of carbonyl (C=O) groups is 3. The van der Waals surface area contributed by atoms with Gasteiger partial charge in [0.1, 0.15) is 0 Å². The molecular formula is C18H31NO5. The highest BCUT2D eigenvalue weighted by Gasteiger charge is 2.01. The molecule has 0 aliphatic heterocycles. The van der Waals surface area contributed by atoms with Crippen LogP contribution in [0.15, 0.2) is 12.2 Å². The fourth-order valence-electron chi connectivity index (χ4n) is 2.30. The number of carbonyl (C=O) groups excluding carboxylic acids is 1. The van der Waals surface area contributed by atoms with Crippen LogP contribution >= 0.6 is 0 Å². The molecule has 0 aliphatic carbocycles. The van der Waals surface area contributed by atoms with Crippen LogP contribution in [0.5, 0.6) is 0 Å². The van der Waals surface area contributed by atoms with E-state index in [9.17, 15) is 14.4 Å². The summed E-state index contributed by atoms with van der Waals surface area (Å²) < 4.78 is 0. The number of aliphatic carboxylic acids is 2. The number of unbranched alkanes of at least 4 members (excludes halogenated alkanes) is 8. The average Bonchev–Trinajstić information content (AvgIpc) is 2.52. The molecule has 0 aromatic rings. The maximum absolute atomic E-state index is 11.3. The second-order valence-corrected chi connectivity index (χ2v) is 5.95. The van der Waals surface area contributed by atoms with Gasteiger partial charge in [0.15, 0.2) is 5.78 Å². The van der Waals surface area contributed by atoms with Gasteiger partial charge in [0.2, 0.25) is 0 Å². The van der Waals surface area contributed by atoms with Crippen LogP contribution in [0.25, 0.3) is 0 Å². The number of carboxylic acids is 2. The lowest BCUT2D eigenvalue weighted by Gasteiger charge is -2.03. The highest BCUT2D eigenvalue weighted by atomic mass is 16.4. The van der Waals surface area contributed by atoms with E-state index in [1.807, 2.05) is 6.08 Å². The van der Waals surface area contributed by atoms with Crippen LogP contribution in [-0.2, 0) is 14.4 Å². The van der Waals surface area contributed by atoms with E-state index in [4.69, 9.17) is 10.2 Å². The summed E-state index contributed by atoms with van der Waals surface area (Å²) in [6.45, 7) is 0.809. The maximum Gasteiger partial charge on any atom is 0.317 e. The van der Waals surface area contributed by atoms with Gasteiger partial charge in [-0.2, -0.15) is 0 Å². The lowest BCUT2D eigenvalue weighted by atomic mass is 10.1. The van der Waals surface area contributed by atoms with Crippen molar-refractivity contribution in [3.05, 3.63) is 12.2 Å². The molecule has 0 heterocycles. The molecule has 0 saturated carbocycles. The SMILES string of the molecule is O=C(O)CCC(=O)/C=C/CCCCCCCCCCNCC(=O)O. The Balaban J connectivity index is 3.23. The topological polar surface area (TPSA) is 104 Å². The van der Waals surface area contributed by atoms with Gasteiger partial charge < -0.3 is 15.5 Å². The van der Waals surface area contributed by atoms with Crippen molar-refractivity contribution < 1.29 is 24.6 Å². The van der Waals surface area contributed by atoms with Crippen molar-refractivity contribution in [3.8, 4) is 0 Å². The first-order valence-corrected chi connectivity index (χ1v) is 8.86. The molecule has 0 aromatic carbocycles. The Morgan fingerprint density at radius 3 is 1.92 bits per heavy atom. The number of nitrogens with one attached hydrogen (secondary N) is 1. The van der Waals surface area contributed by atoms with Crippen molar-refractivity contribution in [2.45, 2.75) is 70.6 Å². The zero-order valence-electron chi connectivity index (χ0n) is 14.5. The highest BCUT2D eigenvalue weighted by molar-refractivity contribution is 5.91. The van der Waals surface area contributed by atoms with Crippen molar-refractivity contribution in [1.29, 1.82) is 0 Å². The van der Waals surface area contributed by atoms with Crippen molar-refractivity contribution in [2.24, 2.45) is 0 Å². The summed E-state index contributed by atoms with van der Waals surface area (Å²) in [5.41, 5.74) is 0. The molecule has 0 rings (SSSR count). The molecule has 6 nitrogen and oxygen atoms in total. The molecule has 0 amide bonds. The number of carboxylic acid groups (broad SMARTS) is 2. The van der Waals surface area contributed by atoms with E-state index >= 15 is 0 Å². The highest BCUT2D eigenvalue weighted by Crippen LogP contribution is 2.09. The molecule has 0 spiro atoms. The van der Waals surface area contributed by atoms with E-state index in [0.717, 1.165) is 38.6 Å². The third-order valence-electron chi connectivity index (χ3n) is 3.64. The molecule has 0 saturated heterocycles. The predicted molar refractivity (Wildman–Crippen MR) is 93.1 cm³/mol. The maximum atomic E-state index is 11.3. The van der Waals surface area contributed by atoms with E-state index in [1.165, 1.54) is 31.8 Å². The van der Waals surface area contributed by atoms with Gasteiger partial charge in [0, 0.05) is 6.42 Å². The molecule has 138 valence electrons. The normalized spacial score (nSPS) is 11.0. The lowest BCUT2D eigenvalue weighted by molar-refractivity contribution is -0.138. The van der Waals surface area contributed by atoms with Gasteiger partial charge in [-0.25, -0.2) is 0 Å². The minimum absolute atomic E-state index is 0.0413. The minimum atomic E-state index is -0.937. The zero-order valence-corrected chi connectivity index (χ0v) is 14.5. The van der Waals surface area contributed by atoms with E-state index in [-0.39, 0.29) is 25.2 Å². The van der Waals surface area contributed by atoms with Gasteiger partial charge in [-0.05, 0) is 31.9 Å². The molecule has 0 aromatic heterocycles. The Morgan fingerprint density at radius 2 is 1.33 bits per heavy atom. The molecule has 6 heteroatoms. The van der Waals surface area contributed by atoms with Gasteiger partial charge >= 0.3 is 11.9 Å². The fourth-order valence-corrected chi connectivity index (χ4v) is 2.30. The summed E-state index contributed by atoms with van der Waals surface area (Å²) in [5.74, 6) is -1.86. The first-order chi connectivity index (χ1) is 11.5. The summed E-state index contributed by atoms with van der Waals surface area (Å²) in [7, 11) is 0. The van der Waals surface area contributed by atoms with Crippen LogP contribution < -0.4 is 5.32 Å². The molecule has 3 N–H and O–H groups in total. The van der Waals surface area contributed by atoms with Crippen LogP contribution in [-0.4, -0.2) is 41.0 Å². The van der Waals surface area contributed by atoms with Gasteiger partial charge in [-0.1, -0.05) is 44.6 Å². The quantitative estimate of drug-likeness (QED) is 0.277. The fraction of sp³-hybridized carbons (Fsp3) is 0.722. The predicted octanol–water partition coefficient (Wildman–Crippen LogP) is 3.16. The Kier molecular flexibility index (Phi) is 15.0. The third-order valence-corrected chi connectivity index (χ3v) is 3.64. The largest absolute Gasteiger partial charge is 0.481 e. The second-order valence-electron chi connectivity index (χ2n) is 5.95. The van der Waals surface area contributed by atoms with Gasteiger partial charge in [0.05, 0.1) is 13.0 Å². The van der Waals surface area contributed by atoms with Crippen molar-refractivity contribution in [2.75, 3.05) is 13.1 Å². The molecule has 0 atom stereocenters. The van der Waals surface area contributed by atoms with Crippen LogP contribution in [0.3, 0.4) is 0 Å². The van der Waals surface area contributed by atoms with Gasteiger partial charge in [0.25, 0.3) is 0 Å². The second kappa shape index (κ2) is 16.2. The van der Waals surface area contributed by atoms with Crippen molar-refractivity contribution in [3.63, 3.8) is 0 Å². The number of allylic oxidation sites excluding steroid dienone is 2. The molecular weight excluding hydrogens is 310 g/mol. The summed E-state index contributed by atoms with van der Waals surface area (Å²) in [4.78, 5) is 31.9. The molecule has 0 unspecified atom stereocenters. The van der Waals surface area contributed by atoms with E-state index < -0.39 is 11.9 Å². The Bertz CT molecular complexity index is 393. The standard InChI is InChI=1S/C18H31NO5/c20-16(12-13-17(21)22)11-9-7-5-3-1-2-4-6-8-10-14-19-15-18(23)24/h9,11,19H,1-8,10,12-15H2,(H,21,22)(H,23,24)/b11-9+. The van der Waals surface area contributed by atoms with E-state index in [2.05, 4.69) is 5.32 Å². The molecule has 24 heavy (non-hydrogen) atoms. The van der Waals surface area contributed by atoms with Crippen LogP contribution in [0, 0.1) is 0 Å². The van der Waals surface area contributed by atoms with Gasteiger partial charge in [-0.15, -0.1) is 0 Å². The first kappa shape index (κ1) is 22.3. The summed E-state index contributed by atoms with van der Waals surface area (Å²) in [6.07, 6.45) is 13.4. The molecule has 0 bridgehead atoms. The summed E-state index contributed by atoms with van der Waals surface area (Å²) in [5, 5.41) is 19.8. The van der Waals surface area contributed by atoms with E-state index in [0.29, 0.717) is 0 Å². The lowest BCUT2D eigenvalue weighted by Crippen LogP contribution is -2.23. The smallest absolute Gasteiger partial charge is 0.317 e. The molecule has 0 fully saturated rings. The number of hydrogen-bond acceptors (Lipinski definition) is 4. The van der Waals surface area contributed by atoms with Crippen LogP contribution in [0.1, 0.15) is 70.6 Å². The molecule has 0 aliphatic rings. The number of hydrogen-bond donors (Lipinski definition) is 3. The van der Waals surface area contributed by atoms with Gasteiger partial charge in [-0.3, -0.25) is 14.4 Å². The number of rotatable bonds is 17.